The van der Waals surface area contributed by atoms with Crippen molar-refractivity contribution in [1.82, 2.24) is 0 Å². The van der Waals surface area contributed by atoms with E-state index in [0.717, 1.165) is 36.7 Å². The van der Waals surface area contributed by atoms with Gasteiger partial charge in [-0.25, -0.2) is 4.79 Å². The molecule has 3 N–H and O–H groups in total. The Labute approximate surface area is 260 Å². The van der Waals surface area contributed by atoms with Gasteiger partial charge in [-0.15, -0.1) is 0 Å². The average Bonchev–Trinajstić information content (AvgIpc) is 3.01. The highest BCUT2D eigenvalue weighted by Crippen LogP contribution is 2.45. The molecule has 0 bridgehead atoms. The molecule has 0 amide bonds. The fourth-order valence-electron chi connectivity index (χ4n) is 7.87. The lowest BCUT2D eigenvalue weighted by Gasteiger charge is -2.42. The second-order valence-electron chi connectivity index (χ2n) is 13.7. The summed E-state index contributed by atoms with van der Waals surface area (Å²) in [4.78, 5) is 41.2. The first-order valence-corrected chi connectivity index (χ1v) is 16.3. The normalized spacial score (nSPS) is 22.6. The molecule has 3 aliphatic carbocycles. The summed E-state index contributed by atoms with van der Waals surface area (Å²) < 4.78 is 6.12. The van der Waals surface area contributed by atoms with Crippen LogP contribution in [0.2, 0.25) is 0 Å². The van der Waals surface area contributed by atoms with Gasteiger partial charge in [0.2, 0.25) is 0 Å². The van der Waals surface area contributed by atoms with Gasteiger partial charge >= 0.3 is 5.97 Å². The molecule has 6 rings (SSSR count). The van der Waals surface area contributed by atoms with Crippen LogP contribution in [0.25, 0.3) is 0 Å². The van der Waals surface area contributed by atoms with Crippen molar-refractivity contribution in [1.29, 1.82) is 0 Å². The molecule has 3 aromatic rings. The van der Waals surface area contributed by atoms with Crippen LogP contribution in [0.1, 0.15) is 112 Å². The van der Waals surface area contributed by atoms with Gasteiger partial charge in [-0.05, 0) is 87.2 Å². The Bertz CT molecular complexity index is 1570. The van der Waals surface area contributed by atoms with Crippen molar-refractivity contribution in [2.75, 3.05) is 17.6 Å². The number of ether oxygens (including phenoxy) is 1. The van der Waals surface area contributed by atoms with Crippen LogP contribution in [0.3, 0.4) is 0 Å². The summed E-state index contributed by atoms with van der Waals surface area (Å²) >= 11 is 0. The summed E-state index contributed by atoms with van der Waals surface area (Å²) in [6, 6.07) is 16.7. The van der Waals surface area contributed by atoms with Crippen molar-refractivity contribution >= 4 is 28.9 Å². The molecule has 3 aromatic carbocycles. The van der Waals surface area contributed by atoms with Crippen molar-refractivity contribution in [2.24, 2.45) is 23.7 Å². The summed E-state index contributed by atoms with van der Waals surface area (Å²) in [7, 11) is 0. The minimum Gasteiger partial charge on any atom is -0.459 e. The number of anilines is 2. The number of nitrogens with one attached hydrogen (secondary N) is 1. The van der Waals surface area contributed by atoms with Crippen LogP contribution in [0.4, 0.5) is 11.4 Å². The molecular weight excluding hydrogens is 548 g/mol. The standard InChI is InChI=1S/C38H44N2O4/c1-22(2)18-25-12-13-27-20-28(15-14-26(27)19-25)44-38(43)31-21-32(40-17-16-24-10-8-23(3)9-11-24)33-34(35(31)39)37(42)30-7-5-4-6-29(30)36(33)41/h4-11,21-22,25-28,40H,12-20,39H2,1-3H3. The summed E-state index contributed by atoms with van der Waals surface area (Å²) in [5, 5.41) is 3.36. The lowest BCUT2D eigenvalue weighted by Crippen LogP contribution is -2.35. The quantitative estimate of drug-likeness (QED) is 0.160. The van der Waals surface area contributed by atoms with Crippen molar-refractivity contribution in [3.05, 3.63) is 93.5 Å². The van der Waals surface area contributed by atoms with E-state index >= 15 is 0 Å². The number of ketones is 2. The zero-order valence-corrected chi connectivity index (χ0v) is 26.2. The highest BCUT2D eigenvalue weighted by atomic mass is 16.5. The Balaban J connectivity index is 1.24. The van der Waals surface area contributed by atoms with E-state index in [1.807, 2.05) is 6.92 Å². The van der Waals surface area contributed by atoms with Gasteiger partial charge in [0.15, 0.2) is 11.6 Å². The van der Waals surface area contributed by atoms with Crippen LogP contribution < -0.4 is 11.1 Å². The predicted octanol–water partition coefficient (Wildman–Crippen LogP) is 7.80. The maximum Gasteiger partial charge on any atom is 0.340 e. The maximum atomic E-state index is 13.8. The zero-order chi connectivity index (χ0) is 31.0. The molecule has 2 saturated carbocycles. The molecule has 4 unspecified atom stereocenters. The van der Waals surface area contributed by atoms with Gasteiger partial charge in [0.25, 0.3) is 0 Å². The average molecular weight is 593 g/mol. The molecule has 6 nitrogen and oxygen atoms in total. The summed E-state index contributed by atoms with van der Waals surface area (Å²) in [6.45, 7) is 7.18. The van der Waals surface area contributed by atoms with E-state index in [2.05, 4.69) is 43.4 Å². The number of carbonyl (C=O) groups is 3. The van der Waals surface area contributed by atoms with Crippen LogP contribution in [0.15, 0.2) is 54.6 Å². The number of hydrogen-bond donors (Lipinski definition) is 2. The molecule has 6 heteroatoms. The number of esters is 1. The highest BCUT2D eigenvalue weighted by molar-refractivity contribution is 6.32. The van der Waals surface area contributed by atoms with Gasteiger partial charge in [0.1, 0.15) is 6.10 Å². The van der Waals surface area contributed by atoms with Gasteiger partial charge in [0.05, 0.1) is 22.4 Å². The first-order valence-electron chi connectivity index (χ1n) is 16.3. The van der Waals surface area contributed by atoms with Crippen molar-refractivity contribution in [2.45, 2.75) is 78.2 Å². The van der Waals surface area contributed by atoms with E-state index in [0.29, 0.717) is 41.6 Å². The van der Waals surface area contributed by atoms with Crippen molar-refractivity contribution in [3.8, 4) is 0 Å². The number of rotatable bonds is 8. The lowest BCUT2D eigenvalue weighted by molar-refractivity contribution is -0.00671. The Morgan fingerprint density at radius 1 is 0.909 bits per heavy atom. The molecule has 0 spiro atoms. The third-order valence-corrected chi connectivity index (χ3v) is 10.1. The number of fused-ring (bicyclic) bond motifs is 3. The number of aryl methyl sites for hydroxylation is 1. The van der Waals surface area contributed by atoms with Gasteiger partial charge in [-0.1, -0.05) is 74.4 Å². The Hall–Kier alpha value is -3.93. The van der Waals surface area contributed by atoms with E-state index in [-0.39, 0.29) is 40.0 Å². The van der Waals surface area contributed by atoms with E-state index in [4.69, 9.17) is 10.5 Å². The van der Waals surface area contributed by atoms with E-state index in [1.165, 1.54) is 31.2 Å². The molecule has 0 heterocycles. The number of benzene rings is 3. The topological polar surface area (TPSA) is 98.5 Å². The van der Waals surface area contributed by atoms with Crippen LogP contribution >= 0.6 is 0 Å². The Morgan fingerprint density at radius 2 is 1.57 bits per heavy atom. The number of carbonyl (C=O) groups excluding carboxylic acids is 3. The highest BCUT2D eigenvalue weighted by Gasteiger charge is 2.39. The van der Waals surface area contributed by atoms with Gasteiger partial charge in [-0.3, -0.25) is 9.59 Å². The SMILES string of the molecule is Cc1ccc(CCNc2cc(C(=O)OC3CCC4CC(CC(C)C)CCC4C3)c(N)c3c2C(=O)c2ccccc2C3=O)cc1. The Kier molecular flexibility index (Phi) is 8.61. The molecule has 230 valence electrons. The molecule has 0 radical (unpaired) electrons. The molecule has 44 heavy (non-hydrogen) atoms. The number of hydrogen-bond acceptors (Lipinski definition) is 6. The second-order valence-corrected chi connectivity index (χ2v) is 13.7. The van der Waals surface area contributed by atoms with E-state index in [9.17, 15) is 14.4 Å². The third kappa shape index (κ3) is 6.04. The molecule has 0 aliphatic heterocycles. The molecule has 2 fully saturated rings. The van der Waals surface area contributed by atoms with Gasteiger partial charge in [-0.2, -0.15) is 0 Å². The minimum absolute atomic E-state index is 0.0183. The fraction of sp³-hybridized carbons (Fsp3) is 0.447. The maximum absolute atomic E-state index is 13.8. The summed E-state index contributed by atoms with van der Waals surface area (Å²) in [5.41, 5.74) is 10.5. The monoisotopic (exact) mass is 592 g/mol. The molecule has 0 aromatic heterocycles. The smallest absolute Gasteiger partial charge is 0.340 e. The van der Waals surface area contributed by atoms with Crippen LogP contribution in [0.5, 0.6) is 0 Å². The first kappa shape index (κ1) is 30.1. The minimum atomic E-state index is -0.525. The summed E-state index contributed by atoms with van der Waals surface area (Å²) in [5.74, 6) is 1.70. The van der Waals surface area contributed by atoms with Crippen LogP contribution in [-0.4, -0.2) is 30.2 Å². The molecule has 0 saturated heterocycles. The predicted molar refractivity (Wildman–Crippen MR) is 174 cm³/mol. The van der Waals surface area contributed by atoms with Gasteiger partial charge in [0, 0.05) is 23.4 Å². The van der Waals surface area contributed by atoms with E-state index < -0.39 is 5.97 Å². The van der Waals surface area contributed by atoms with Crippen molar-refractivity contribution in [3.63, 3.8) is 0 Å². The third-order valence-electron chi connectivity index (χ3n) is 10.1. The van der Waals surface area contributed by atoms with E-state index in [1.54, 1.807) is 30.3 Å². The molecule has 3 aliphatic rings. The molecule has 4 atom stereocenters. The Morgan fingerprint density at radius 3 is 2.27 bits per heavy atom. The van der Waals surface area contributed by atoms with Crippen LogP contribution in [-0.2, 0) is 11.2 Å². The second kappa shape index (κ2) is 12.6. The number of nitrogens with two attached hydrogens (primary N) is 1. The molecular formula is C38H44N2O4. The summed E-state index contributed by atoms with van der Waals surface area (Å²) in [6.07, 6.45) is 8.38. The lowest BCUT2D eigenvalue weighted by atomic mass is 9.65. The zero-order valence-electron chi connectivity index (χ0n) is 26.2. The number of nitrogen functional groups attached to an aromatic ring is 1. The first-order chi connectivity index (χ1) is 21.2. The van der Waals surface area contributed by atoms with Crippen molar-refractivity contribution < 1.29 is 19.1 Å². The van der Waals surface area contributed by atoms with Crippen LogP contribution in [0, 0.1) is 30.6 Å². The fourth-order valence-corrected chi connectivity index (χ4v) is 7.87. The van der Waals surface area contributed by atoms with Gasteiger partial charge < -0.3 is 15.8 Å². The largest absolute Gasteiger partial charge is 0.459 e.